The number of para-hydroxylation sites is 1. The molecule has 0 bridgehead atoms. The lowest BCUT2D eigenvalue weighted by molar-refractivity contribution is -0.145. The molecule has 5 rings (SSSR count). The van der Waals surface area contributed by atoms with Gasteiger partial charge < -0.3 is 88.7 Å². The molecule has 0 aliphatic rings. The number of aliphatic carboxylic acids is 4. The Morgan fingerprint density at radius 2 is 1.00 bits per heavy atom. The molecule has 11 atom stereocenters. The van der Waals surface area contributed by atoms with E-state index in [1.54, 1.807) is 105 Å². The standard InChI is InChI=1S/C66H83N15O21/c1-4-35(2)56(65(100)74-44(20-22-54(89)90)62(97)75-45(23-37-13-7-5-8-14-37)58(93)50(84)30-68-34-82)81-80-49(25-39-28-69-42-18-12-11-17-41(39)42)64(99)77-47(26-40-29-67-33-72-40)63(98)78-48(27-55(91)92)60(95)70-31-51(85)73-43(19-21-53(87)88)61(96)76-46(24-38-15-9-6-10-16-38)59(94)71-32-52(86)79-57(36(3)83)66(101)102/h5-18,28-29,33-36,43-49,56-57,69,80-81,83H,4,19-27,30-32H2,1-3H3,(H,67,72)(H,68,82)(H,70,95)(H,71,94)(H,73,85)(H,74,100)(H,75,97)(H,76,96)(H,77,99)(H,78,98)(H,79,86)(H,87,88)(H,89,90)(H,91,92)(H,101,102). The maximum absolute atomic E-state index is 14.9. The van der Waals surface area contributed by atoms with Gasteiger partial charge >= 0.3 is 23.9 Å². The number of amides is 10. The first kappa shape index (κ1) is 80.9. The lowest BCUT2D eigenvalue weighted by Crippen LogP contribution is -2.63. The van der Waals surface area contributed by atoms with E-state index in [0.717, 1.165) is 6.92 Å². The minimum Gasteiger partial charge on any atom is -0.481 e. The number of aromatic amines is 2. The van der Waals surface area contributed by atoms with Gasteiger partial charge in [-0.15, -0.1) is 0 Å². The molecule has 0 radical (unpaired) electrons. The van der Waals surface area contributed by atoms with E-state index >= 15 is 0 Å². The largest absolute Gasteiger partial charge is 0.481 e. The fraction of sp³-hybridized carbons (Fsp3) is 0.409. The van der Waals surface area contributed by atoms with Crippen LogP contribution in [-0.4, -0.2) is 216 Å². The molecule has 2 aromatic heterocycles. The van der Waals surface area contributed by atoms with Gasteiger partial charge in [-0.3, -0.25) is 71.9 Å². The van der Waals surface area contributed by atoms with Crippen LogP contribution < -0.4 is 64.0 Å². The number of aliphatic hydroxyl groups is 1. The number of fused-ring (bicyclic) bond motifs is 1. The van der Waals surface area contributed by atoms with E-state index in [2.05, 4.69) is 73.7 Å². The fourth-order valence-corrected chi connectivity index (χ4v) is 10.2. The number of H-pyrrole nitrogens is 2. The van der Waals surface area contributed by atoms with Gasteiger partial charge in [-0.05, 0) is 48.4 Å². The number of carboxylic acids is 4. The average molecular weight is 1420 g/mol. The zero-order chi connectivity index (χ0) is 75.0. The molecule has 2 heterocycles. The maximum Gasteiger partial charge on any atom is 0.328 e. The van der Waals surface area contributed by atoms with Crippen molar-refractivity contribution in [3.63, 3.8) is 0 Å². The highest BCUT2D eigenvalue weighted by Gasteiger charge is 2.37. The van der Waals surface area contributed by atoms with Gasteiger partial charge in [0.05, 0.1) is 50.2 Å². The minimum absolute atomic E-state index is 0.165. The van der Waals surface area contributed by atoms with Gasteiger partial charge in [0.2, 0.25) is 71.1 Å². The number of hydrazine groups is 1. The molecule has 36 nitrogen and oxygen atoms in total. The van der Waals surface area contributed by atoms with Crippen LogP contribution in [0.25, 0.3) is 10.9 Å². The molecule has 0 saturated heterocycles. The number of hydrogen-bond donors (Lipinski definition) is 19. The van der Waals surface area contributed by atoms with Gasteiger partial charge in [0.25, 0.3) is 0 Å². The maximum atomic E-state index is 14.9. The van der Waals surface area contributed by atoms with Gasteiger partial charge in [-0.2, -0.15) is 0 Å². The Morgan fingerprint density at radius 3 is 1.54 bits per heavy atom. The number of carbonyl (C=O) groups is 16. The highest BCUT2D eigenvalue weighted by molar-refractivity contribution is 6.40. The Balaban J connectivity index is 1.36. The van der Waals surface area contributed by atoms with Gasteiger partial charge in [-0.25, -0.2) is 20.6 Å². The van der Waals surface area contributed by atoms with Gasteiger partial charge in [0.1, 0.15) is 42.3 Å². The number of rotatable bonds is 46. The van der Waals surface area contributed by atoms with Crippen LogP contribution in [-0.2, 0) is 102 Å². The third kappa shape index (κ3) is 26.8. The van der Waals surface area contributed by atoms with E-state index in [0.29, 0.717) is 27.6 Å². The normalized spacial score (nSPS) is 14.2. The highest BCUT2D eigenvalue weighted by Crippen LogP contribution is 2.20. The van der Waals surface area contributed by atoms with Crippen molar-refractivity contribution in [3.05, 3.63) is 126 Å². The number of benzene rings is 3. The quantitative estimate of drug-likeness (QED) is 0.0101. The van der Waals surface area contributed by atoms with Crippen molar-refractivity contribution in [3.8, 4) is 0 Å². The summed E-state index contributed by atoms with van der Waals surface area (Å²) in [6, 6.07) is 8.52. The number of carbonyl (C=O) groups excluding carboxylic acids is 12. The van der Waals surface area contributed by atoms with Crippen LogP contribution in [0.15, 0.2) is 104 Å². The van der Waals surface area contributed by atoms with E-state index in [1.807, 2.05) is 5.32 Å². The third-order valence-electron chi connectivity index (χ3n) is 15.9. The molecule has 0 aliphatic heterocycles. The number of hydrogen-bond acceptors (Lipinski definition) is 20. The van der Waals surface area contributed by atoms with Crippen molar-refractivity contribution in [2.45, 2.75) is 145 Å². The summed E-state index contributed by atoms with van der Waals surface area (Å²) in [7, 11) is 0. The molecule has 10 amide bonds. The summed E-state index contributed by atoms with van der Waals surface area (Å²) in [6.45, 7) is 1.89. The van der Waals surface area contributed by atoms with Gasteiger partial charge in [-0.1, -0.05) is 99.1 Å². The van der Waals surface area contributed by atoms with E-state index < -0.39 is 213 Å². The Kier molecular flexibility index (Phi) is 32.5. The van der Waals surface area contributed by atoms with E-state index in [-0.39, 0.29) is 37.8 Å². The molecule has 0 aliphatic carbocycles. The van der Waals surface area contributed by atoms with Crippen molar-refractivity contribution in [1.29, 1.82) is 0 Å². The number of aromatic nitrogens is 3. The molecule has 0 saturated carbocycles. The predicted molar refractivity (Wildman–Crippen MR) is 357 cm³/mol. The monoisotopic (exact) mass is 1420 g/mol. The molecule has 19 N–H and O–H groups in total. The van der Waals surface area contributed by atoms with E-state index in [4.69, 9.17) is 0 Å². The second-order valence-corrected chi connectivity index (χ2v) is 23.6. The first-order chi connectivity index (χ1) is 48.6. The zero-order valence-electron chi connectivity index (χ0n) is 55.7. The summed E-state index contributed by atoms with van der Waals surface area (Å²) >= 11 is 0. The topological polar surface area (TPSA) is 563 Å². The highest BCUT2D eigenvalue weighted by atomic mass is 16.4. The molecule has 36 heteroatoms. The lowest BCUT2D eigenvalue weighted by atomic mass is 9.97. The number of carboxylic acid groups (broad SMARTS) is 4. The Bertz CT molecular complexity index is 3760. The second kappa shape index (κ2) is 40.9. The van der Waals surface area contributed by atoms with Crippen LogP contribution in [0.4, 0.5) is 0 Å². The summed E-state index contributed by atoms with van der Waals surface area (Å²) in [5.41, 5.74) is 8.08. The molecular weight excluding hydrogens is 1340 g/mol. The summed E-state index contributed by atoms with van der Waals surface area (Å²) in [6.07, 6.45) is -1.56. The number of aliphatic hydroxyl groups excluding tert-OH is 1. The first-order valence-corrected chi connectivity index (χ1v) is 32.1. The molecule has 102 heavy (non-hydrogen) atoms. The number of nitrogens with zero attached hydrogens (tertiary/aromatic N) is 1. The van der Waals surface area contributed by atoms with Crippen LogP contribution >= 0.6 is 0 Å². The third-order valence-corrected chi connectivity index (χ3v) is 15.9. The van der Waals surface area contributed by atoms with Gasteiger partial charge in [0.15, 0.2) is 6.04 Å². The van der Waals surface area contributed by atoms with Crippen LogP contribution in [0.1, 0.15) is 81.7 Å². The van der Waals surface area contributed by atoms with E-state index in [9.17, 15) is 102 Å². The summed E-state index contributed by atoms with van der Waals surface area (Å²) in [4.78, 5) is 221. The fourth-order valence-electron chi connectivity index (χ4n) is 10.2. The number of ketones is 2. The molecule has 0 spiro atoms. The predicted octanol–water partition coefficient (Wildman–Crippen LogP) is -3.78. The summed E-state index contributed by atoms with van der Waals surface area (Å²) < 4.78 is 0. The van der Waals surface area contributed by atoms with Gasteiger partial charge in [0, 0.05) is 61.8 Å². The van der Waals surface area contributed by atoms with E-state index in [1.165, 1.54) is 12.5 Å². The molecule has 0 fully saturated rings. The SMILES string of the molecule is CCC(C)C(NNC(Cc1c[nH]c2ccccc12)C(=O)NC(Cc1c[nH]cn1)C(=O)NC(CC(=O)O)C(=O)NCC(=O)NC(CCC(=O)O)C(=O)NC(Cc1ccccc1)C(=O)NCC(=O)NC(C(=O)O)C(C)O)C(=O)NC(CCC(=O)O)C(=O)NC(Cc1ccccc1)C(=O)C(=O)CNC=O. The van der Waals surface area contributed by atoms with Crippen molar-refractivity contribution < 1.29 is 102 Å². The Morgan fingerprint density at radius 1 is 0.500 bits per heavy atom. The minimum atomic E-state index is -2.00. The van der Waals surface area contributed by atoms with Crippen molar-refractivity contribution >= 4 is 106 Å². The Labute approximate surface area is 582 Å². The first-order valence-electron chi connectivity index (χ1n) is 32.1. The molecule has 548 valence electrons. The number of Topliss-reactive ketones (excluding diaryl/α,β-unsaturated/α-hetero) is 2. The molecule has 3 aromatic carbocycles. The van der Waals surface area contributed by atoms with Crippen LogP contribution in [0.2, 0.25) is 0 Å². The van der Waals surface area contributed by atoms with Crippen molar-refractivity contribution in [1.82, 2.24) is 79.0 Å². The van der Waals surface area contributed by atoms with Crippen LogP contribution in [0.3, 0.4) is 0 Å². The molecular formula is C66H83N15O21. The van der Waals surface area contributed by atoms with Crippen LogP contribution in [0.5, 0.6) is 0 Å². The lowest BCUT2D eigenvalue weighted by Gasteiger charge is -2.30. The zero-order valence-corrected chi connectivity index (χ0v) is 55.7. The molecule has 11 unspecified atom stereocenters. The smallest absolute Gasteiger partial charge is 0.328 e. The summed E-state index contributed by atoms with van der Waals surface area (Å²) in [5.74, 6) is -18.5. The van der Waals surface area contributed by atoms with Crippen molar-refractivity contribution in [2.75, 3.05) is 19.6 Å². The average Bonchev–Trinajstić information content (AvgIpc) is 1.62. The van der Waals surface area contributed by atoms with Crippen LogP contribution in [0, 0.1) is 5.92 Å². The van der Waals surface area contributed by atoms with Crippen molar-refractivity contribution in [2.24, 2.45) is 5.92 Å². The number of nitrogens with one attached hydrogen (secondary N) is 14. The Hall–Kier alpha value is -11.8. The second-order valence-electron chi connectivity index (χ2n) is 23.6. The summed E-state index contributed by atoms with van der Waals surface area (Å²) in [5, 5.41) is 72.2. The molecule has 5 aromatic rings. The number of imidazole rings is 1.